The summed E-state index contributed by atoms with van der Waals surface area (Å²) >= 11 is 0. The van der Waals surface area contributed by atoms with E-state index in [2.05, 4.69) is 65.4 Å². The summed E-state index contributed by atoms with van der Waals surface area (Å²) in [5.74, 6) is 0. The highest BCUT2D eigenvalue weighted by Crippen LogP contribution is 2.36. The summed E-state index contributed by atoms with van der Waals surface area (Å²) in [5, 5.41) is 0. The van der Waals surface area contributed by atoms with E-state index in [-0.39, 0.29) is 0 Å². The van der Waals surface area contributed by atoms with Crippen molar-refractivity contribution in [2.45, 2.75) is 6.42 Å². The summed E-state index contributed by atoms with van der Waals surface area (Å²) in [6, 6.07) is 17.4. The number of benzene rings is 2. The third-order valence-corrected chi connectivity index (χ3v) is 3.92. The van der Waals surface area contributed by atoms with E-state index in [9.17, 15) is 0 Å². The van der Waals surface area contributed by atoms with Gasteiger partial charge in [0.1, 0.15) is 0 Å². The lowest BCUT2D eigenvalue weighted by atomic mass is 10.1. The molecule has 0 saturated carbocycles. The Morgan fingerprint density at radius 1 is 0.950 bits per heavy atom. The zero-order valence-electron chi connectivity index (χ0n) is 11.9. The molecule has 1 aliphatic rings. The molecule has 1 heterocycles. The third kappa shape index (κ3) is 2.37. The number of hydrogen-bond acceptors (Lipinski definition) is 3. The van der Waals surface area contributed by atoms with Crippen LogP contribution in [0, 0.1) is 0 Å². The average Bonchev–Trinajstić information content (AvgIpc) is 2.49. The van der Waals surface area contributed by atoms with Gasteiger partial charge in [-0.1, -0.05) is 24.3 Å². The predicted octanol–water partition coefficient (Wildman–Crippen LogP) is 2.78. The van der Waals surface area contributed by atoms with E-state index in [1.807, 2.05) is 0 Å². The van der Waals surface area contributed by atoms with Crippen molar-refractivity contribution < 1.29 is 0 Å². The Balaban J connectivity index is 1.93. The Morgan fingerprint density at radius 3 is 2.35 bits per heavy atom. The maximum atomic E-state index is 5.60. The van der Waals surface area contributed by atoms with E-state index in [4.69, 9.17) is 5.73 Å². The Bertz CT molecular complexity index is 577. The van der Waals surface area contributed by atoms with Gasteiger partial charge in [-0.2, -0.15) is 0 Å². The number of rotatable bonds is 3. The van der Waals surface area contributed by atoms with Crippen LogP contribution in [-0.4, -0.2) is 26.7 Å². The highest BCUT2D eigenvalue weighted by molar-refractivity contribution is 5.79. The largest absolute Gasteiger partial charge is 0.371 e. The lowest BCUT2D eigenvalue weighted by molar-refractivity contribution is 0.822. The molecule has 0 amide bonds. The lowest BCUT2D eigenvalue weighted by Gasteiger charge is -2.37. The topological polar surface area (TPSA) is 32.5 Å². The average molecular weight is 267 g/mol. The van der Waals surface area contributed by atoms with Gasteiger partial charge in [-0.25, -0.2) is 0 Å². The molecule has 3 nitrogen and oxygen atoms in total. The SMILES string of the molecule is CN1CCN(c2ccc(CCN)cc2)c2ccccc21. The number of nitrogens with two attached hydrogens (primary N) is 1. The van der Waals surface area contributed by atoms with Crippen LogP contribution >= 0.6 is 0 Å². The van der Waals surface area contributed by atoms with Crippen LogP contribution in [0.4, 0.5) is 17.1 Å². The molecule has 0 spiro atoms. The maximum absolute atomic E-state index is 5.60. The summed E-state index contributed by atoms with van der Waals surface area (Å²) < 4.78 is 0. The molecule has 0 fully saturated rings. The third-order valence-electron chi connectivity index (χ3n) is 3.92. The zero-order valence-corrected chi connectivity index (χ0v) is 11.9. The van der Waals surface area contributed by atoms with E-state index in [1.165, 1.54) is 22.6 Å². The van der Waals surface area contributed by atoms with Crippen molar-refractivity contribution in [2.75, 3.05) is 36.5 Å². The van der Waals surface area contributed by atoms with Crippen LogP contribution in [0.2, 0.25) is 0 Å². The van der Waals surface area contributed by atoms with Gasteiger partial charge in [0.15, 0.2) is 0 Å². The van der Waals surface area contributed by atoms with Gasteiger partial charge in [0, 0.05) is 25.8 Å². The predicted molar refractivity (Wildman–Crippen MR) is 85.9 cm³/mol. The Morgan fingerprint density at radius 2 is 1.65 bits per heavy atom. The van der Waals surface area contributed by atoms with Crippen molar-refractivity contribution in [1.29, 1.82) is 0 Å². The molecule has 0 radical (unpaired) electrons. The molecule has 3 rings (SSSR count). The molecule has 0 atom stereocenters. The van der Waals surface area contributed by atoms with Crippen molar-refractivity contribution in [1.82, 2.24) is 0 Å². The minimum atomic E-state index is 0.705. The molecule has 0 saturated heterocycles. The van der Waals surface area contributed by atoms with E-state index in [0.717, 1.165) is 19.5 Å². The molecule has 1 aliphatic heterocycles. The molecule has 0 aromatic heterocycles. The molecule has 2 aromatic rings. The number of hydrogen-bond donors (Lipinski definition) is 1. The number of para-hydroxylation sites is 2. The smallest absolute Gasteiger partial charge is 0.0649 e. The van der Waals surface area contributed by atoms with Crippen molar-refractivity contribution >= 4 is 17.1 Å². The van der Waals surface area contributed by atoms with Crippen LogP contribution in [0.15, 0.2) is 48.5 Å². The quantitative estimate of drug-likeness (QED) is 0.928. The van der Waals surface area contributed by atoms with Gasteiger partial charge in [0.25, 0.3) is 0 Å². The van der Waals surface area contributed by atoms with Crippen LogP contribution in [0.25, 0.3) is 0 Å². The number of nitrogens with zero attached hydrogens (tertiary/aromatic N) is 2. The summed E-state index contributed by atoms with van der Waals surface area (Å²) in [7, 11) is 2.15. The first-order valence-corrected chi connectivity index (χ1v) is 7.16. The van der Waals surface area contributed by atoms with Crippen LogP contribution in [0.5, 0.6) is 0 Å². The first-order valence-electron chi connectivity index (χ1n) is 7.16. The van der Waals surface area contributed by atoms with Gasteiger partial charge < -0.3 is 15.5 Å². The van der Waals surface area contributed by atoms with E-state index >= 15 is 0 Å². The summed E-state index contributed by atoms with van der Waals surface area (Å²) in [6.45, 7) is 2.77. The number of anilines is 3. The van der Waals surface area contributed by atoms with Gasteiger partial charge in [-0.15, -0.1) is 0 Å². The minimum absolute atomic E-state index is 0.705. The van der Waals surface area contributed by atoms with Crippen LogP contribution in [0.3, 0.4) is 0 Å². The minimum Gasteiger partial charge on any atom is -0.371 e. The molecule has 0 unspecified atom stereocenters. The highest BCUT2D eigenvalue weighted by atomic mass is 15.3. The Labute approximate surface area is 120 Å². The summed E-state index contributed by atoms with van der Waals surface area (Å²) in [4.78, 5) is 4.70. The molecule has 2 aromatic carbocycles. The van der Waals surface area contributed by atoms with E-state index in [1.54, 1.807) is 0 Å². The summed E-state index contributed by atoms with van der Waals surface area (Å²) in [5.41, 5.74) is 10.7. The first-order chi connectivity index (χ1) is 9.79. The fourth-order valence-corrected chi connectivity index (χ4v) is 2.78. The van der Waals surface area contributed by atoms with Gasteiger partial charge in [-0.05, 0) is 42.8 Å². The fourth-order valence-electron chi connectivity index (χ4n) is 2.78. The molecule has 104 valence electrons. The first kappa shape index (κ1) is 13.0. The number of likely N-dealkylation sites (N-methyl/N-ethyl adjacent to an activating group) is 1. The van der Waals surface area contributed by atoms with Crippen molar-refractivity contribution in [3.8, 4) is 0 Å². The van der Waals surface area contributed by atoms with Gasteiger partial charge >= 0.3 is 0 Å². The monoisotopic (exact) mass is 267 g/mol. The van der Waals surface area contributed by atoms with Crippen molar-refractivity contribution in [3.63, 3.8) is 0 Å². The van der Waals surface area contributed by atoms with Crippen LogP contribution in [-0.2, 0) is 6.42 Å². The molecule has 2 N–H and O–H groups in total. The lowest BCUT2D eigenvalue weighted by Crippen LogP contribution is -2.36. The van der Waals surface area contributed by atoms with Crippen molar-refractivity contribution in [3.05, 3.63) is 54.1 Å². The zero-order chi connectivity index (χ0) is 13.9. The summed E-state index contributed by atoms with van der Waals surface area (Å²) in [6.07, 6.45) is 0.944. The van der Waals surface area contributed by atoms with Crippen molar-refractivity contribution in [2.24, 2.45) is 5.73 Å². The molecule has 20 heavy (non-hydrogen) atoms. The molecular formula is C17H21N3. The Kier molecular flexibility index (Phi) is 3.61. The second-order valence-corrected chi connectivity index (χ2v) is 5.27. The van der Waals surface area contributed by atoms with Crippen LogP contribution < -0.4 is 15.5 Å². The van der Waals surface area contributed by atoms with E-state index in [0.29, 0.717) is 6.54 Å². The molecule has 0 aliphatic carbocycles. The van der Waals surface area contributed by atoms with Crippen LogP contribution in [0.1, 0.15) is 5.56 Å². The number of fused-ring (bicyclic) bond motifs is 1. The fraction of sp³-hybridized carbons (Fsp3) is 0.294. The molecular weight excluding hydrogens is 246 g/mol. The molecule has 0 bridgehead atoms. The van der Waals surface area contributed by atoms with Gasteiger partial charge in [-0.3, -0.25) is 0 Å². The van der Waals surface area contributed by atoms with Gasteiger partial charge in [0.05, 0.1) is 11.4 Å². The normalized spacial score (nSPS) is 14.3. The second-order valence-electron chi connectivity index (χ2n) is 5.27. The standard InChI is InChI=1S/C17H21N3/c1-19-12-13-20(17-5-3-2-4-16(17)19)15-8-6-14(7-9-15)10-11-18/h2-9H,10-13,18H2,1H3. The van der Waals surface area contributed by atoms with E-state index < -0.39 is 0 Å². The van der Waals surface area contributed by atoms with Gasteiger partial charge in [0.2, 0.25) is 0 Å². The highest BCUT2D eigenvalue weighted by Gasteiger charge is 2.20. The Hall–Kier alpha value is -2.00. The second kappa shape index (κ2) is 5.55. The maximum Gasteiger partial charge on any atom is 0.0649 e. The molecule has 3 heteroatoms.